The average molecular weight is 482 g/mol. The van der Waals surface area contributed by atoms with E-state index in [1.807, 2.05) is 22.6 Å². The van der Waals surface area contributed by atoms with E-state index in [1.54, 1.807) is 0 Å². The maximum atomic E-state index is 11.8. The molecule has 134 valence electrons. The van der Waals surface area contributed by atoms with Crippen LogP contribution < -0.4 is 5.43 Å². The number of carboxylic acid groups (broad SMARTS) is 1. The third-order valence-corrected chi connectivity index (χ3v) is 4.67. The van der Waals surface area contributed by atoms with Gasteiger partial charge in [-0.05, 0) is 12.1 Å². The van der Waals surface area contributed by atoms with Crippen molar-refractivity contribution in [2.24, 2.45) is 0 Å². The summed E-state index contributed by atoms with van der Waals surface area (Å²) in [6, 6.07) is 4.19. The van der Waals surface area contributed by atoms with Gasteiger partial charge in [-0.2, -0.15) is 13.1 Å². The number of nitrogens with one attached hydrogen (secondary N) is 1. The molecule has 2 aromatic rings. The van der Waals surface area contributed by atoms with Gasteiger partial charge in [0.1, 0.15) is 0 Å². The van der Waals surface area contributed by atoms with Crippen LogP contribution in [0.1, 0.15) is 20.7 Å². The van der Waals surface area contributed by atoms with Crippen molar-refractivity contribution in [1.82, 2.24) is 4.68 Å². The highest BCUT2D eigenvalue weighted by atomic mass is 127. The molecule has 0 aliphatic rings. The highest BCUT2D eigenvalue weighted by Crippen LogP contribution is 2.32. The number of alkyl halides is 1. The number of anilines is 1. The Morgan fingerprint density at radius 2 is 1.84 bits per heavy atom. The van der Waals surface area contributed by atoms with E-state index in [-0.39, 0.29) is 27.0 Å². The summed E-state index contributed by atoms with van der Waals surface area (Å²) in [6.07, 6.45) is 0. The summed E-state index contributed by atoms with van der Waals surface area (Å²) in [7, 11) is -4.82. The third-order valence-electron chi connectivity index (χ3n) is 3.12. The van der Waals surface area contributed by atoms with Crippen LogP contribution in [0.25, 0.3) is 0 Å². The number of nitrogens with zero attached hydrogens (tertiary/aromatic N) is 1. The summed E-state index contributed by atoms with van der Waals surface area (Å²) >= 11 is 1.83. The van der Waals surface area contributed by atoms with Crippen molar-refractivity contribution in [2.75, 3.05) is 9.85 Å². The second kappa shape index (κ2) is 6.89. The molecule has 0 bridgehead atoms. The zero-order valence-electron chi connectivity index (χ0n) is 12.2. The molecule has 0 radical (unpaired) electrons. The predicted octanol–water partition coefficient (Wildman–Crippen LogP) is 1.34. The van der Waals surface area contributed by atoms with Crippen LogP contribution in [0, 0.1) is 0 Å². The highest BCUT2D eigenvalue weighted by molar-refractivity contribution is 14.1. The number of halogens is 1. The number of carbonyl (C=O) groups is 2. The first-order valence-corrected chi connectivity index (χ1v) is 9.37. The Kier molecular flexibility index (Phi) is 5.24. The molecule has 0 spiro atoms. The highest BCUT2D eigenvalue weighted by Gasteiger charge is 2.24. The van der Waals surface area contributed by atoms with Gasteiger partial charge in [0, 0.05) is 11.6 Å². The van der Waals surface area contributed by atoms with Gasteiger partial charge in [0.05, 0.1) is 15.7 Å². The Bertz CT molecular complexity index is 967. The molecule has 0 aliphatic carbocycles. The molecule has 0 saturated heterocycles. The molecular weight excluding hydrogens is 471 g/mol. The molecule has 0 saturated carbocycles. The Morgan fingerprint density at radius 1 is 1.20 bits per heavy atom. The lowest BCUT2D eigenvalue weighted by molar-refractivity contribution is 0.0697. The van der Waals surface area contributed by atoms with Gasteiger partial charge >= 0.3 is 5.97 Å². The van der Waals surface area contributed by atoms with Gasteiger partial charge in [-0.1, -0.05) is 28.7 Å². The van der Waals surface area contributed by atoms with Crippen LogP contribution in [0.4, 0.5) is 5.69 Å². The molecule has 5 N–H and O–H groups in total. The molecule has 1 heterocycles. The molecule has 1 aromatic heterocycles. The minimum Gasteiger partial charge on any atom is -0.493 e. The fraction of sp³-hybridized carbons (Fsp3) is 0.0769. The van der Waals surface area contributed by atoms with E-state index in [0.717, 1.165) is 6.07 Å². The van der Waals surface area contributed by atoms with Crippen molar-refractivity contribution >= 4 is 50.1 Å². The van der Waals surface area contributed by atoms with Gasteiger partial charge in [0.15, 0.2) is 10.7 Å². The third kappa shape index (κ3) is 3.85. The van der Waals surface area contributed by atoms with E-state index in [9.17, 15) is 33.3 Å². The van der Waals surface area contributed by atoms with E-state index < -0.39 is 32.7 Å². The summed E-state index contributed by atoms with van der Waals surface area (Å²) in [5.41, 5.74) is 1.99. The number of rotatable bonds is 6. The fourth-order valence-electron chi connectivity index (χ4n) is 1.96. The summed E-state index contributed by atoms with van der Waals surface area (Å²) in [4.78, 5) is 22.1. The van der Waals surface area contributed by atoms with Gasteiger partial charge in [0.2, 0.25) is 11.8 Å². The molecule has 0 unspecified atom stereocenters. The van der Waals surface area contributed by atoms with E-state index in [2.05, 4.69) is 5.43 Å². The number of benzene rings is 1. The van der Waals surface area contributed by atoms with E-state index in [0.29, 0.717) is 10.7 Å². The zero-order valence-corrected chi connectivity index (χ0v) is 15.1. The fourth-order valence-corrected chi connectivity index (χ4v) is 2.98. The molecule has 12 heteroatoms. The quantitative estimate of drug-likeness (QED) is 0.177. The van der Waals surface area contributed by atoms with Gasteiger partial charge in [0.25, 0.3) is 10.1 Å². The minimum absolute atomic E-state index is 0.135. The summed E-state index contributed by atoms with van der Waals surface area (Å²) < 4.78 is 31.8. The Balaban J connectivity index is 2.58. The molecule has 0 amide bonds. The number of ketones is 1. The first-order valence-electron chi connectivity index (χ1n) is 6.41. The van der Waals surface area contributed by atoms with Crippen molar-refractivity contribution in [3.8, 4) is 11.8 Å². The monoisotopic (exact) mass is 482 g/mol. The summed E-state index contributed by atoms with van der Waals surface area (Å²) in [5, 5.41) is 28.8. The number of aromatic carboxylic acids is 1. The van der Waals surface area contributed by atoms with Crippen molar-refractivity contribution in [1.29, 1.82) is 0 Å². The zero-order chi connectivity index (χ0) is 18.9. The molecule has 2 rings (SSSR count). The SMILES string of the molecule is O=C(CI)c1ccc(C(=O)O)c(Nn2c(O)cc(S(=O)(=O)O)c2O)c1. The van der Waals surface area contributed by atoms with Crippen LogP contribution in [0.2, 0.25) is 0 Å². The lowest BCUT2D eigenvalue weighted by Gasteiger charge is -2.13. The van der Waals surface area contributed by atoms with Crippen LogP contribution in [0.5, 0.6) is 11.8 Å². The van der Waals surface area contributed by atoms with Crippen molar-refractivity contribution in [3.05, 3.63) is 35.4 Å². The van der Waals surface area contributed by atoms with Crippen molar-refractivity contribution in [2.45, 2.75) is 4.90 Å². The molecule has 25 heavy (non-hydrogen) atoms. The number of carboxylic acids is 1. The Hall–Kier alpha value is -2.32. The maximum Gasteiger partial charge on any atom is 0.337 e. The first-order chi connectivity index (χ1) is 11.6. The Morgan fingerprint density at radius 3 is 2.32 bits per heavy atom. The minimum atomic E-state index is -4.82. The molecule has 1 aromatic carbocycles. The molecular formula is C13H11IN2O8S. The number of carbonyl (C=O) groups excluding carboxylic acids is 1. The predicted molar refractivity (Wildman–Crippen MR) is 93.2 cm³/mol. The largest absolute Gasteiger partial charge is 0.493 e. The van der Waals surface area contributed by atoms with Gasteiger partial charge in [-0.15, -0.1) is 0 Å². The first kappa shape index (κ1) is 19.0. The maximum absolute atomic E-state index is 11.8. The van der Waals surface area contributed by atoms with Gasteiger partial charge < -0.3 is 15.3 Å². The standard InChI is InChI=1S/C13H11IN2O8S/c14-5-9(17)6-1-2-7(13(20)21)8(3-6)15-16-11(18)4-10(12(16)19)25(22,23)24/h1-4,15,18-19H,5H2,(H,20,21)(H,22,23,24). The second-order valence-electron chi connectivity index (χ2n) is 4.73. The van der Waals surface area contributed by atoms with E-state index in [4.69, 9.17) is 4.55 Å². The molecule has 0 fully saturated rings. The molecule has 10 nitrogen and oxygen atoms in total. The molecule has 0 aliphatic heterocycles. The van der Waals surface area contributed by atoms with E-state index >= 15 is 0 Å². The second-order valence-corrected chi connectivity index (χ2v) is 6.89. The van der Waals surface area contributed by atoms with Crippen LogP contribution in [-0.2, 0) is 10.1 Å². The number of aromatic hydroxyl groups is 2. The van der Waals surface area contributed by atoms with E-state index in [1.165, 1.54) is 12.1 Å². The lowest BCUT2D eigenvalue weighted by Crippen LogP contribution is -2.13. The number of hydrogen-bond acceptors (Lipinski definition) is 7. The van der Waals surface area contributed by atoms with Crippen LogP contribution in [-0.4, -0.2) is 49.1 Å². The number of aromatic nitrogens is 1. The van der Waals surface area contributed by atoms with Gasteiger partial charge in [-0.25, -0.2) is 4.79 Å². The number of Topliss-reactive ketones (excluding diaryl/α,β-unsaturated/α-hetero) is 1. The smallest absolute Gasteiger partial charge is 0.337 e. The summed E-state index contributed by atoms with van der Waals surface area (Å²) in [5.74, 6) is -3.54. The van der Waals surface area contributed by atoms with Crippen molar-refractivity contribution in [3.63, 3.8) is 0 Å². The Labute approximate surface area is 154 Å². The van der Waals surface area contributed by atoms with Crippen molar-refractivity contribution < 1.29 is 37.9 Å². The van der Waals surface area contributed by atoms with Crippen LogP contribution in [0.3, 0.4) is 0 Å². The topological polar surface area (TPSA) is 166 Å². The average Bonchev–Trinajstić information content (AvgIpc) is 2.82. The normalized spacial score (nSPS) is 11.3. The van der Waals surface area contributed by atoms with Gasteiger partial charge in [-0.3, -0.25) is 14.8 Å². The summed E-state index contributed by atoms with van der Waals surface area (Å²) in [6.45, 7) is 0. The molecule has 0 atom stereocenters. The number of hydrogen-bond donors (Lipinski definition) is 5. The lowest BCUT2D eigenvalue weighted by atomic mass is 10.1. The van der Waals surface area contributed by atoms with Crippen LogP contribution >= 0.6 is 22.6 Å². The van der Waals surface area contributed by atoms with Crippen LogP contribution in [0.15, 0.2) is 29.2 Å².